The summed E-state index contributed by atoms with van der Waals surface area (Å²) in [6.07, 6.45) is 2.77. The monoisotopic (exact) mass is 466 g/mol. The molecule has 0 aliphatic carbocycles. The molecule has 2 N–H and O–H groups in total. The summed E-state index contributed by atoms with van der Waals surface area (Å²) in [6, 6.07) is 15.9. The lowest BCUT2D eigenvalue weighted by molar-refractivity contribution is -0.119. The quantitative estimate of drug-likeness (QED) is 0.381. The van der Waals surface area contributed by atoms with Gasteiger partial charge in [-0.25, -0.2) is 0 Å². The van der Waals surface area contributed by atoms with E-state index >= 15 is 0 Å². The normalized spacial score (nSPS) is 12.6. The van der Waals surface area contributed by atoms with E-state index in [9.17, 15) is 9.59 Å². The van der Waals surface area contributed by atoms with Gasteiger partial charge in [-0.1, -0.05) is 75.3 Å². The fourth-order valence-corrected chi connectivity index (χ4v) is 3.87. The van der Waals surface area contributed by atoms with Crippen LogP contribution in [0.2, 0.25) is 0 Å². The summed E-state index contributed by atoms with van der Waals surface area (Å²) in [6.45, 7) is 6.67. The molecule has 0 aliphatic heterocycles. The Bertz CT molecular complexity index is 1040. The van der Waals surface area contributed by atoms with E-state index in [1.165, 1.54) is 11.3 Å². The van der Waals surface area contributed by atoms with Crippen LogP contribution in [0.15, 0.2) is 54.6 Å². The molecule has 0 aliphatic rings. The van der Waals surface area contributed by atoms with Crippen molar-refractivity contribution in [3.8, 4) is 16.3 Å². The Morgan fingerprint density at radius 1 is 1.03 bits per heavy atom. The lowest BCUT2D eigenvalue weighted by atomic mass is 9.98. The molecule has 8 heteroatoms. The Hall–Kier alpha value is -3.26. The SMILES string of the molecule is CCCCOc1ccc(C(=O)N[C@@H](C(=O)Nc2nnc(-c3ccccc3)s2)[C@@H](C)CC)cc1. The van der Waals surface area contributed by atoms with Gasteiger partial charge in [0, 0.05) is 11.1 Å². The van der Waals surface area contributed by atoms with Gasteiger partial charge in [-0.2, -0.15) is 0 Å². The molecular weight excluding hydrogens is 436 g/mol. The molecule has 0 fully saturated rings. The summed E-state index contributed by atoms with van der Waals surface area (Å²) >= 11 is 1.30. The predicted octanol–water partition coefficient (Wildman–Crippen LogP) is 5.17. The number of carbonyl (C=O) groups is 2. The molecule has 0 spiro atoms. The molecule has 174 valence electrons. The summed E-state index contributed by atoms with van der Waals surface area (Å²) in [4.78, 5) is 25.9. The molecule has 0 unspecified atom stereocenters. The number of unbranched alkanes of at least 4 members (excludes halogenated alkanes) is 1. The van der Waals surface area contributed by atoms with Crippen LogP contribution in [0.5, 0.6) is 5.75 Å². The summed E-state index contributed by atoms with van der Waals surface area (Å²) in [5.41, 5.74) is 1.41. The summed E-state index contributed by atoms with van der Waals surface area (Å²) in [5, 5.41) is 15.1. The first-order valence-electron chi connectivity index (χ1n) is 11.2. The number of nitrogens with one attached hydrogen (secondary N) is 2. The van der Waals surface area contributed by atoms with Crippen molar-refractivity contribution in [2.24, 2.45) is 5.92 Å². The maximum Gasteiger partial charge on any atom is 0.251 e. The van der Waals surface area contributed by atoms with Gasteiger partial charge in [-0.05, 0) is 36.6 Å². The number of amides is 2. The van der Waals surface area contributed by atoms with Crippen molar-refractivity contribution in [2.45, 2.75) is 46.1 Å². The summed E-state index contributed by atoms with van der Waals surface area (Å²) < 4.78 is 5.65. The molecule has 2 aromatic carbocycles. The molecule has 3 aromatic rings. The van der Waals surface area contributed by atoms with Crippen molar-refractivity contribution < 1.29 is 14.3 Å². The van der Waals surface area contributed by atoms with Crippen LogP contribution in [0.25, 0.3) is 10.6 Å². The third-order valence-corrected chi connectivity index (χ3v) is 6.23. The molecular formula is C25H30N4O3S. The lowest BCUT2D eigenvalue weighted by Gasteiger charge is -2.23. The van der Waals surface area contributed by atoms with Crippen LogP contribution in [-0.4, -0.2) is 34.7 Å². The van der Waals surface area contributed by atoms with E-state index in [0.717, 1.165) is 35.6 Å². The number of ether oxygens (including phenoxy) is 1. The maximum atomic E-state index is 13.0. The molecule has 2 amide bonds. The number of aromatic nitrogens is 2. The Morgan fingerprint density at radius 3 is 2.42 bits per heavy atom. The zero-order chi connectivity index (χ0) is 23.6. The molecule has 1 heterocycles. The van der Waals surface area contributed by atoms with Crippen molar-refractivity contribution in [2.75, 3.05) is 11.9 Å². The van der Waals surface area contributed by atoms with Gasteiger partial charge in [0.05, 0.1) is 6.61 Å². The first kappa shape index (κ1) is 24.4. The highest BCUT2D eigenvalue weighted by molar-refractivity contribution is 7.18. The van der Waals surface area contributed by atoms with Crippen LogP contribution in [0.4, 0.5) is 5.13 Å². The van der Waals surface area contributed by atoms with Gasteiger partial charge in [0.2, 0.25) is 11.0 Å². The fourth-order valence-electron chi connectivity index (χ4n) is 3.12. The average Bonchev–Trinajstić information content (AvgIpc) is 3.31. The minimum Gasteiger partial charge on any atom is -0.494 e. The highest BCUT2D eigenvalue weighted by atomic mass is 32.1. The Kier molecular flexibility index (Phi) is 8.95. The molecule has 0 saturated heterocycles. The number of carbonyl (C=O) groups excluding carboxylic acids is 2. The summed E-state index contributed by atoms with van der Waals surface area (Å²) in [7, 11) is 0. The van der Waals surface area contributed by atoms with Crippen molar-refractivity contribution in [1.82, 2.24) is 15.5 Å². The Morgan fingerprint density at radius 2 is 1.76 bits per heavy atom. The van der Waals surface area contributed by atoms with Crippen LogP contribution < -0.4 is 15.4 Å². The first-order chi connectivity index (χ1) is 16.0. The van der Waals surface area contributed by atoms with E-state index in [1.54, 1.807) is 24.3 Å². The highest BCUT2D eigenvalue weighted by Gasteiger charge is 2.27. The van der Waals surface area contributed by atoms with Gasteiger partial charge in [-0.15, -0.1) is 10.2 Å². The van der Waals surface area contributed by atoms with Gasteiger partial charge in [-0.3, -0.25) is 14.9 Å². The predicted molar refractivity (Wildman–Crippen MR) is 132 cm³/mol. The number of hydrogen-bond donors (Lipinski definition) is 2. The molecule has 2 atom stereocenters. The van der Waals surface area contributed by atoms with E-state index in [2.05, 4.69) is 27.8 Å². The second-order valence-electron chi connectivity index (χ2n) is 7.83. The van der Waals surface area contributed by atoms with Crippen LogP contribution in [0.3, 0.4) is 0 Å². The standard InChI is InChI=1S/C25H30N4O3S/c1-4-6-16-32-20-14-12-18(13-15-20)22(30)26-21(17(3)5-2)23(31)27-25-29-28-24(33-25)19-10-8-7-9-11-19/h7-15,17,21H,4-6,16H2,1-3H3,(H,26,30)(H,27,29,31)/t17-,21+/m0/s1. The zero-order valence-electron chi connectivity index (χ0n) is 19.2. The molecule has 7 nitrogen and oxygen atoms in total. The molecule has 1 aromatic heterocycles. The van der Waals surface area contributed by atoms with Crippen molar-refractivity contribution in [3.63, 3.8) is 0 Å². The van der Waals surface area contributed by atoms with Crippen molar-refractivity contribution in [1.29, 1.82) is 0 Å². The summed E-state index contributed by atoms with van der Waals surface area (Å²) in [5.74, 6) is 0.0413. The van der Waals surface area contributed by atoms with E-state index < -0.39 is 6.04 Å². The van der Waals surface area contributed by atoms with Gasteiger partial charge in [0.15, 0.2) is 0 Å². The minimum absolute atomic E-state index is 0.0629. The zero-order valence-corrected chi connectivity index (χ0v) is 20.0. The first-order valence-corrected chi connectivity index (χ1v) is 12.1. The van der Waals surface area contributed by atoms with Crippen LogP contribution in [0.1, 0.15) is 50.4 Å². The van der Waals surface area contributed by atoms with Crippen LogP contribution >= 0.6 is 11.3 Å². The molecule has 0 radical (unpaired) electrons. The number of rotatable bonds is 11. The van der Waals surface area contributed by atoms with E-state index in [1.807, 2.05) is 44.2 Å². The molecule has 33 heavy (non-hydrogen) atoms. The van der Waals surface area contributed by atoms with E-state index in [0.29, 0.717) is 17.3 Å². The molecule has 3 rings (SSSR count). The van der Waals surface area contributed by atoms with Crippen LogP contribution in [0, 0.1) is 5.92 Å². The minimum atomic E-state index is -0.702. The second-order valence-corrected chi connectivity index (χ2v) is 8.81. The second kappa shape index (κ2) is 12.1. The Balaban J connectivity index is 1.65. The Labute approximate surface area is 198 Å². The van der Waals surface area contributed by atoms with Gasteiger partial charge in [0.1, 0.15) is 16.8 Å². The number of anilines is 1. The molecule has 0 bridgehead atoms. The van der Waals surface area contributed by atoms with Crippen LogP contribution in [-0.2, 0) is 4.79 Å². The van der Waals surface area contributed by atoms with Gasteiger partial charge < -0.3 is 10.1 Å². The molecule has 0 saturated carbocycles. The number of benzene rings is 2. The number of nitrogens with zero attached hydrogens (tertiary/aromatic N) is 2. The third-order valence-electron chi connectivity index (χ3n) is 5.34. The van der Waals surface area contributed by atoms with E-state index in [4.69, 9.17) is 4.74 Å². The van der Waals surface area contributed by atoms with Gasteiger partial charge >= 0.3 is 0 Å². The van der Waals surface area contributed by atoms with E-state index in [-0.39, 0.29) is 17.7 Å². The average molecular weight is 467 g/mol. The number of hydrogen-bond acceptors (Lipinski definition) is 6. The smallest absolute Gasteiger partial charge is 0.251 e. The van der Waals surface area contributed by atoms with Gasteiger partial charge in [0.25, 0.3) is 5.91 Å². The third kappa shape index (κ3) is 6.86. The topological polar surface area (TPSA) is 93.2 Å². The van der Waals surface area contributed by atoms with Crippen molar-refractivity contribution in [3.05, 3.63) is 60.2 Å². The highest BCUT2D eigenvalue weighted by Crippen LogP contribution is 2.26. The maximum absolute atomic E-state index is 13.0. The van der Waals surface area contributed by atoms with Crippen molar-refractivity contribution >= 4 is 28.3 Å². The fraction of sp³-hybridized carbons (Fsp3) is 0.360. The largest absolute Gasteiger partial charge is 0.494 e. The lowest BCUT2D eigenvalue weighted by Crippen LogP contribution is -2.47.